The van der Waals surface area contributed by atoms with Gasteiger partial charge in [0.05, 0.1) is 11.9 Å². The number of likely N-dealkylation sites (tertiary alicyclic amines) is 1. The largest absolute Gasteiger partial charge is 0.394 e. The van der Waals surface area contributed by atoms with Crippen molar-refractivity contribution in [3.8, 4) is 0 Å². The van der Waals surface area contributed by atoms with Crippen LogP contribution in [0, 0.1) is 0 Å². The minimum Gasteiger partial charge on any atom is -0.394 e. The van der Waals surface area contributed by atoms with Crippen molar-refractivity contribution in [1.29, 1.82) is 0 Å². The van der Waals surface area contributed by atoms with E-state index >= 15 is 0 Å². The number of hydrogen-bond donors (Lipinski definition) is 2. The first kappa shape index (κ1) is 9.21. The van der Waals surface area contributed by atoms with Crippen LogP contribution in [-0.4, -0.2) is 41.0 Å². The quantitative estimate of drug-likeness (QED) is 0.714. The Morgan fingerprint density at radius 3 is 3.00 bits per heavy atom. The van der Waals surface area contributed by atoms with Crippen molar-refractivity contribution in [2.24, 2.45) is 0 Å². The topological polar surface area (TPSA) is 67.1 Å². The number of nitrogens with two attached hydrogens (primary N) is 1. The summed E-state index contributed by atoms with van der Waals surface area (Å²) in [6, 6.07) is 0. The normalized spacial score (nSPS) is 16.3. The van der Waals surface area contributed by atoms with Gasteiger partial charge in [0.1, 0.15) is 6.33 Å². The van der Waals surface area contributed by atoms with E-state index in [4.69, 9.17) is 5.73 Å². The number of hydrogen-bond acceptors (Lipinski definition) is 5. The summed E-state index contributed by atoms with van der Waals surface area (Å²) in [5, 5.41) is 3.19. The van der Waals surface area contributed by atoms with E-state index in [1.165, 1.54) is 25.8 Å². The molecule has 1 aliphatic heterocycles. The highest BCUT2D eigenvalue weighted by atomic mass is 15.2. The molecular weight excluding hydrogens is 178 g/mol. The molecule has 0 bridgehead atoms. The third kappa shape index (κ3) is 2.11. The average Bonchev–Trinajstić information content (AvgIpc) is 2.12. The van der Waals surface area contributed by atoms with E-state index in [0.717, 1.165) is 18.9 Å². The first-order valence-corrected chi connectivity index (χ1v) is 4.88. The minimum atomic E-state index is 0.608. The van der Waals surface area contributed by atoms with Gasteiger partial charge in [-0.1, -0.05) is 0 Å². The molecule has 1 fully saturated rings. The lowest BCUT2D eigenvalue weighted by Crippen LogP contribution is -2.40. The molecule has 0 atom stereocenters. The van der Waals surface area contributed by atoms with E-state index in [9.17, 15) is 0 Å². The molecule has 5 heteroatoms. The average molecular weight is 193 g/mol. The maximum Gasteiger partial charge on any atom is 0.152 e. The van der Waals surface area contributed by atoms with Crippen LogP contribution < -0.4 is 11.1 Å². The number of aromatic nitrogens is 2. The Hall–Kier alpha value is -1.36. The maximum absolute atomic E-state index is 5.68. The van der Waals surface area contributed by atoms with Crippen molar-refractivity contribution in [1.82, 2.24) is 14.9 Å². The number of nitrogen functional groups attached to an aromatic ring is 1. The van der Waals surface area contributed by atoms with Crippen molar-refractivity contribution in [3.05, 3.63) is 12.5 Å². The van der Waals surface area contributed by atoms with Crippen LogP contribution in [0.2, 0.25) is 0 Å². The molecule has 0 amide bonds. The van der Waals surface area contributed by atoms with Crippen LogP contribution in [0.15, 0.2) is 12.5 Å². The molecule has 5 nitrogen and oxygen atoms in total. The molecular formula is C9H15N5. The van der Waals surface area contributed by atoms with Crippen molar-refractivity contribution in [2.75, 3.05) is 37.2 Å². The number of nitrogens with one attached hydrogen (secondary N) is 1. The molecule has 0 spiro atoms. The second-order valence-electron chi connectivity index (χ2n) is 3.45. The van der Waals surface area contributed by atoms with Crippen LogP contribution in [0.5, 0.6) is 0 Å². The molecule has 3 N–H and O–H groups in total. The van der Waals surface area contributed by atoms with Crippen molar-refractivity contribution in [2.45, 2.75) is 6.42 Å². The lowest BCUT2D eigenvalue weighted by molar-refractivity contribution is 0.189. The number of nitrogens with zero attached hydrogens (tertiary/aromatic N) is 3. The molecule has 0 unspecified atom stereocenters. The smallest absolute Gasteiger partial charge is 0.152 e. The Morgan fingerprint density at radius 2 is 2.36 bits per heavy atom. The highest BCUT2D eigenvalue weighted by Crippen LogP contribution is 2.11. The highest BCUT2D eigenvalue weighted by Gasteiger charge is 2.12. The predicted octanol–water partition coefficient (Wildman–Crippen LogP) is 0.176. The number of anilines is 2. The van der Waals surface area contributed by atoms with Crippen molar-refractivity contribution < 1.29 is 0 Å². The van der Waals surface area contributed by atoms with E-state index < -0.39 is 0 Å². The number of rotatable bonds is 4. The first-order chi connectivity index (χ1) is 6.86. The summed E-state index contributed by atoms with van der Waals surface area (Å²) in [4.78, 5) is 10.3. The van der Waals surface area contributed by atoms with Crippen LogP contribution in [0.3, 0.4) is 0 Å². The van der Waals surface area contributed by atoms with Crippen molar-refractivity contribution >= 4 is 11.5 Å². The maximum atomic E-state index is 5.68. The molecule has 2 heterocycles. The van der Waals surface area contributed by atoms with E-state index in [1.807, 2.05) is 0 Å². The fourth-order valence-electron chi connectivity index (χ4n) is 1.43. The summed E-state index contributed by atoms with van der Waals surface area (Å²) in [6.45, 7) is 4.40. The van der Waals surface area contributed by atoms with Crippen LogP contribution in [0.25, 0.3) is 0 Å². The Kier molecular flexibility index (Phi) is 2.78. The van der Waals surface area contributed by atoms with E-state index in [2.05, 4.69) is 20.2 Å². The summed E-state index contributed by atoms with van der Waals surface area (Å²) in [6.07, 6.45) is 4.44. The van der Waals surface area contributed by atoms with Gasteiger partial charge in [-0.3, -0.25) is 0 Å². The Bertz CT molecular complexity index is 297. The molecule has 14 heavy (non-hydrogen) atoms. The van der Waals surface area contributed by atoms with E-state index in [-0.39, 0.29) is 0 Å². The van der Waals surface area contributed by atoms with E-state index in [1.54, 1.807) is 6.20 Å². The Labute approximate surface area is 83.3 Å². The Morgan fingerprint density at radius 1 is 1.50 bits per heavy atom. The van der Waals surface area contributed by atoms with Gasteiger partial charge in [0.2, 0.25) is 0 Å². The molecule has 0 radical (unpaired) electrons. The molecule has 76 valence electrons. The zero-order chi connectivity index (χ0) is 9.80. The molecule has 1 aromatic heterocycles. The minimum absolute atomic E-state index is 0.608. The summed E-state index contributed by atoms with van der Waals surface area (Å²) >= 11 is 0. The van der Waals surface area contributed by atoms with Gasteiger partial charge < -0.3 is 16.0 Å². The van der Waals surface area contributed by atoms with Gasteiger partial charge in [-0.15, -0.1) is 0 Å². The van der Waals surface area contributed by atoms with Gasteiger partial charge in [0.15, 0.2) is 5.82 Å². The van der Waals surface area contributed by atoms with Gasteiger partial charge in [0.25, 0.3) is 0 Å². The molecule has 1 aromatic rings. The standard InChI is InChI=1S/C9H15N5/c10-8-6-11-7-13-9(8)12-2-5-14-3-1-4-14/h6-7H,1-5,10H2,(H,11,12,13). The zero-order valence-electron chi connectivity index (χ0n) is 8.11. The fourth-order valence-corrected chi connectivity index (χ4v) is 1.43. The van der Waals surface area contributed by atoms with Gasteiger partial charge in [0, 0.05) is 13.1 Å². The Balaban J connectivity index is 1.76. The van der Waals surface area contributed by atoms with Crippen molar-refractivity contribution in [3.63, 3.8) is 0 Å². The highest BCUT2D eigenvalue weighted by molar-refractivity contribution is 5.58. The monoisotopic (exact) mass is 193 g/mol. The molecule has 1 aliphatic rings. The van der Waals surface area contributed by atoms with Gasteiger partial charge in [-0.2, -0.15) is 0 Å². The second kappa shape index (κ2) is 4.23. The SMILES string of the molecule is Nc1cncnc1NCCN1CCC1. The lowest BCUT2D eigenvalue weighted by atomic mass is 10.2. The lowest BCUT2D eigenvalue weighted by Gasteiger charge is -2.30. The fraction of sp³-hybridized carbons (Fsp3) is 0.556. The van der Waals surface area contributed by atoms with E-state index in [0.29, 0.717) is 5.69 Å². The molecule has 0 saturated carbocycles. The van der Waals surface area contributed by atoms with Gasteiger partial charge in [-0.25, -0.2) is 9.97 Å². The van der Waals surface area contributed by atoms with Gasteiger partial charge >= 0.3 is 0 Å². The third-order valence-electron chi connectivity index (χ3n) is 2.41. The van der Waals surface area contributed by atoms with Crippen LogP contribution >= 0.6 is 0 Å². The summed E-state index contributed by atoms with van der Waals surface area (Å²) in [5.41, 5.74) is 6.29. The molecule has 0 aromatic carbocycles. The first-order valence-electron chi connectivity index (χ1n) is 4.88. The van der Waals surface area contributed by atoms with Crippen LogP contribution in [-0.2, 0) is 0 Å². The molecule has 0 aliphatic carbocycles. The summed E-state index contributed by atoms with van der Waals surface area (Å²) in [5.74, 6) is 0.737. The molecule has 1 saturated heterocycles. The van der Waals surface area contributed by atoms with Crippen LogP contribution in [0.4, 0.5) is 11.5 Å². The zero-order valence-corrected chi connectivity index (χ0v) is 8.11. The third-order valence-corrected chi connectivity index (χ3v) is 2.41. The van der Waals surface area contributed by atoms with Gasteiger partial charge in [-0.05, 0) is 19.5 Å². The predicted molar refractivity (Wildman–Crippen MR) is 56.0 cm³/mol. The van der Waals surface area contributed by atoms with Crippen LogP contribution in [0.1, 0.15) is 6.42 Å². The summed E-state index contributed by atoms with van der Waals surface area (Å²) in [7, 11) is 0. The summed E-state index contributed by atoms with van der Waals surface area (Å²) < 4.78 is 0. The second-order valence-corrected chi connectivity index (χ2v) is 3.45. The molecule has 2 rings (SSSR count).